The lowest BCUT2D eigenvalue weighted by atomic mass is 9.84. The van der Waals surface area contributed by atoms with Crippen LogP contribution >= 0.6 is 23.2 Å². The third kappa shape index (κ3) is 6.75. The van der Waals surface area contributed by atoms with Gasteiger partial charge >= 0.3 is 0 Å². The fourth-order valence-corrected chi connectivity index (χ4v) is 5.74. The monoisotopic (exact) mass is 502 g/mol. The van der Waals surface area contributed by atoms with E-state index in [1.165, 1.54) is 19.3 Å². The predicted molar refractivity (Wildman–Crippen MR) is 139 cm³/mol. The summed E-state index contributed by atoms with van der Waals surface area (Å²) in [6.07, 6.45) is 8.59. The Labute approximate surface area is 213 Å². The van der Waals surface area contributed by atoms with Crippen LogP contribution in [-0.4, -0.2) is 41.6 Å². The van der Waals surface area contributed by atoms with E-state index < -0.39 is 5.60 Å². The van der Waals surface area contributed by atoms with Crippen molar-refractivity contribution in [2.45, 2.75) is 75.3 Å². The van der Waals surface area contributed by atoms with Crippen LogP contribution in [0.5, 0.6) is 0 Å². The van der Waals surface area contributed by atoms with Crippen LogP contribution in [0, 0.1) is 0 Å². The van der Waals surface area contributed by atoms with Crippen LogP contribution in [0.3, 0.4) is 0 Å². The normalized spacial score (nSPS) is 20.1. The number of nitrogens with zero attached hydrogens (tertiary/aromatic N) is 1. The van der Waals surface area contributed by atoms with Gasteiger partial charge in [-0.3, -0.25) is 4.79 Å². The van der Waals surface area contributed by atoms with Gasteiger partial charge in [0.05, 0.1) is 15.6 Å². The lowest BCUT2D eigenvalue weighted by molar-refractivity contribution is -0.122. The fraction of sp³-hybridized carbons (Fsp3) is 0.536. The van der Waals surface area contributed by atoms with Crippen molar-refractivity contribution in [2.24, 2.45) is 0 Å². The molecule has 1 heterocycles. The van der Waals surface area contributed by atoms with Gasteiger partial charge in [-0.2, -0.15) is 0 Å². The number of likely N-dealkylation sites (tertiary alicyclic amines) is 1. The number of benzene rings is 2. The van der Waals surface area contributed by atoms with Crippen molar-refractivity contribution in [3.8, 4) is 0 Å². The van der Waals surface area contributed by atoms with Crippen molar-refractivity contribution in [3.63, 3.8) is 0 Å². The standard InChI is InChI=1S/C28H36Cl2N2O2/c29-25-12-11-21(19-26(25)30)22(20-27(33)31-24-9-5-2-6-10-24)13-16-32-17-14-28(34,15-18-32)23-7-3-1-4-8-23/h1,3-4,7-8,11-12,19,22,24,34H,2,5-6,9-10,13-18,20H2,(H,31,33). The Morgan fingerprint density at radius 2 is 1.74 bits per heavy atom. The van der Waals surface area contributed by atoms with E-state index in [0.29, 0.717) is 22.5 Å². The molecular weight excluding hydrogens is 467 g/mol. The number of aliphatic hydroxyl groups is 1. The Kier molecular flexibility index (Phi) is 8.92. The average Bonchev–Trinajstić information content (AvgIpc) is 2.86. The summed E-state index contributed by atoms with van der Waals surface area (Å²) >= 11 is 12.5. The van der Waals surface area contributed by atoms with E-state index in [1.807, 2.05) is 48.5 Å². The molecule has 1 saturated heterocycles. The second-order valence-electron chi connectivity index (χ2n) is 10.0. The maximum atomic E-state index is 12.9. The molecule has 0 radical (unpaired) electrons. The number of hydrogen-bond donors (Lipinski definition) is 2. The van der Waals surface area contributed by atoms with E-state index in [1.54, 1.807) is 0 Å². The highest BCUT2D eigenvalue weighted by atomic mass is 35.5. The van der Waals surface area contributed by atoms with Gasteiger partial charge < -0.3 is 15.3 Å². The van der Waals surface area contributed by atoms with Crippen LogP contribution in [0.2, 0.25) is 10.0 Å². The maximum Gasteiger partial charge on any atom is 0.220 e. The number of hydrogen-bond acceptors (Lipinski definition) is 3. The molecule has 6 heteroatoms. The summed E-state index contributed by atoms with van der Waals surface area (Å²) in [4.78, 5) is 15.3. The Morgan fingerprint density at radius 3 is 2.41 bits per heavy atom. The van der Waals surface area contributed by atoms with E-state index in [-0.39, 0.29) is 11.8 Å². The predicted octanol–water partition coefficient (Wildman–Crippen LogP) is 6.29. The number of amides is 1. The molecule has 1 saturated carbocycles. The Bertz CT molecular complexity index is 939. The number of nitrogens with one attached hydrogen (secondary N) is 1. The van der Waals surface area contributed by atoms with Gasteiger partial charge in [-0.15, -0.1) is 0 Å². The van der Waals surface area contributed by atoms with E-state index >= 15 is 0 Å². The quantitative estimate of drug-likeness (QED) is 0.445. The molecule has 0 spiro atoms. The molecule has 1 aliphatic heterocycles. The van der Waals surface area contributed by atoms with Crippen LogP contribution < -0.4 is 5.32 Å². The molecule has 2 fully saturated rings. The van der Waals surface area contributed by atoms with Crippen molar-refractivity contribution in [3.05, 3.63) is 69.7 Å². The van der Waals surface area contributed by atoms with Gasteiger partial charge in [-0.05, 0) is 67.8 Å². The molecule has 4 rings (SSSR count). The van der Waals surface area contributed by atoms with Crippen LogP contribution in [0.25, 0.3) is 0 Å². The summed E-state index contributed by atoms with van der Waals surface area (Å²) in [7, 11) is 0. The van der Waals surface area contributed by atoms with E-state index in [9.17, 15) is 9.90 Å². The van der Waals surface area contributed by atoms with Gasteiger partial charge in [0.15, 0.2) is 0 Å². The van der Waals surface area contributed by atoms with Crippen LogP contribution in [0.1, 0.15) is 74.8 Å². The molecule has 34 heavy (non-hydrogen) atoms. The SMILES string of the molecule is O=C(CC(CCN1CCC(O)(c2ccccc2)CC1)c1ccc(Cl)c(Cl)c1)NC1CCCCC1. The van der Waals surface area contributed by atoms with Crippen molar-refractivity contribution in [1.82, 2.24) is 10.2 Å². The number of piperidine rings is 1. The van der Waals surface area contributed by atoms with Crippen LogP contribution in [0.4, 0.5) is 0 Å². The minimum Gasteiger partial charge on any atom is -0.385 e. The van der Waals surface area contributed by atoms with Gasteiger partial charge in [0, 0.05) is 25.6 Å². The third-order valence-electron chi connectivity index (χ3n) is 7.61. The zero-order valence-electron chi connectivity index (χ0n) is 19.8. The summed E-state index contributed by atoms with van der Waals surface area (Å²) in [5.74, 6) is 0.202. The van der Waals surface area contributed by atoms with E-state index in [4.69, 9.17) is 23.2 Å². The third-order valence-corrected chi connectivity index (χ3v) is 8.34. The molecular formula is C28H36Cl2N2O2. The Morgan fingerprint density at radius 1 is 1.03 bits per heavy atom. The van der Waals surface area contributed by atoms with Crippen molar-refractivity contribution in [1.29, 1.82) is 0 Å². The highest BCUT2D eigenvalue weighted by Gasteiger charge is 2.34. The van der Waals surface area contributed by atoms with Gasteiger partial charge in [-0.1, -0.05) is 78.9 Å². The molecule has 2 aromatic rings. The summed E-state index contributed by atoms with van der Waals surface area (Å²) in [5.41, 5.74) is 1.31. The first kappa shape index (κ1) is 25.5. The molecule has 4 nitrogen and oxygen atoms in total. The molecule has 184 valence electrons. The minimum absolute atomic E-state index is 0.0771. The molecule has 1 atom stereocenters. The minimum atomic E-state index is -0.749. The summed E-state index contributed by atoms with van der Waals surface area (Å²) in [6.45, 7) is 2.56. The average molecular weight is 504 g/mol. The highest BCUT2D eigenvalue weighted by Crippen LogP contribution is 2.34. The van der Waals surface area contributed by atoms with Gasteiger partial charge in [-0.25, -0.2) is 0 Å². The van der Waals surface area contributed by atoms with Crippen LogP contribution in [-0.2, 0) is 10.4 Å². The first-order valence-corrected chi connectivity index (χ1v) is 13.4. The van der Waals surface area contributed by atoms with Crippen molar-refractivity contribution < 1.29 is 9.90 Å². The Hall–Kier alpha value is -1.59. The van der Waals surface area contributed by atoms with Crippen LogP contribution in [0.15, 0.2) is 48.5 Å². The largest absolute Gasteiger partial charge is 0.385 e. The smallest absolute Gasteiger partial charge is 0.220 e. The number of halogens is 2. The summed E-state index contributed by atoms with van der Waals surface area (Å²) in [6, 6.07) is 16.0. The maximum absolute atomic E-state index is 12.9. The number of carbonyl (C=O) groups is 1. The molecule has 2 aromatic carbocycles. The first-order valence-electron chi connectivity index (χ1n) is 12.7. The lowest BCUT2D eigenvalue weighted by Crippen LogP contribution is -2.43. The van der Waals surface area contributed by atoms with Crippen molar-refractivity contribution in [2.75, 3.05) is 19.6 Å². The van der Waals surface area contributed by atoms with E-state index in [2.05, 4.69) is 10.2 Å². The Balaban J connectivity index is 1.36. The highest BCUT2D eigenvalue weighted by molar-refractivity contribution is 6.42. The van der Waals surface area contributed by atoms with Gasteiger partial charge in [0.2, 0.25) is 5.91 Å². The topological polar surface area (TPSA) is 52.6 Å². The molecule has 1 amide bonds. The summed E-state index contributed by atoms with van der Waals surface area (Å²) in [5, 5.41) is 15.5. The van der Waals surface area contributed by atoms with E-state index in [0.717, 1.165) is 62.9 Å². The van der Waals surface area contributed by atoms with Gasteiger partial charge in [0.1, 0.15) is 0 Å². The lowest BCUT2D eigenvalue weighted by Gasteiger charge is -2.39. The zero-order chi connectivity index (χ0) is 24.0. The number of rotatable bonds is 8. The second kappa shape index (κ2) is 11.9. The molecule has 0 aromatic heterocycles. The van der Waals surface area contributed by atoms with Gasteiger partial charge in [0.25, 0.3) is 0 Å². The summed E-state index contributed by atoms with van der Waals surface area (Å²) < 4.78 is 0. The molecule has 2 N–H and O–H groups in total. The number of carbonyl (C=O) groups excluding carboxylic acids is 1. The molecule has 1 aliphatic carbocycles. The molecule has 2 aliphatic rings. The second-order valence-corrected chi connectivity index (χ2v) is 10.8. The van der Waals surface area contributed by atoms with Crippen molar-refractivity contribution >= 4 is 29.1 Å². The molecule has 0 bridgehead atoms. The zero-order valence-corrected chi connectivity index (χ0v) is 21.3. The first-order chi connectivity index (χ1) is 16.4. The molecule has 1 unspecified atom stereocenters. The fourth-order valence-electron chi connectivity index (χ4n) is 5.43.